The maximum absolute atomic E-state index is 12.0. The third-order valence-electron chi connectivity index (χ3n) is 3.29. The molecule has 2 aromatic rings. The summed E-state index contributed by atoms with van der Waals surface area (Å²) >= 11 is 0. The molecule has 1 atom stereocenters. The molecule has 1 aliphatic heterocycles. The molecule has 1 saturated heterocycles. The van der Waals surface area contributed by atoms with Gasteiger partial charge in [-0.05, 0) is 17.3 Å². The van der Waals surface area contributed by atoms with Crippen molar-refractivity contribution >= 4 is 17.5 Å². The first-order chi connectivity index (χ1) is 9.65. The van der Waals surface area contributed by atoms with E-state index in [0.29, 0.717) is 18.1 Å². The van der Waals surface area contributed by atoms with Crippen LogP contribution in [0, 0.1) is 5.92 Å². The fourth-order valence-corrected chi connectivity index (χ4v) is 2.24. The summed E-state index contributed by atoms with van der Waals surface area (Å²) in [5, 5.41) is 13.7. The van der Waals surface area contributed by atoms with Crippen molar-refractivity contribution in [3.8, 4) is 11.4 Å². The highest BCUT2D eigenvalue weighted by molar-refractivity contribution is 6.00. The van der Waals surface area contributed by atoms with Crippen molar-refractivity contribution in [1.82, 2.24) is 20.6 Å². The van der Waals surface area contributed by atoms with E-state index < -0.39 is 11.8 Å². The zero-order chi connectivity index (χ0) is 14.1. The minimum absolute atomic E-state index is 0.112. The molecule has 1 aromatic carbocycles. The Hall–Kier alpha value is -2.77. The molecular weight excluding hydrogens is 260 g/mol. The summed E-state index contributed by atoms with van der Waals surface area (Å²) in [6.45, 7) is 0.309. The van der Waals surface area contributed by atoms with Crippen molar-refractivity contribution in [1.29, 1.82) is 0 Å². The van der Waals surface area contributed by atoms with Gasteiger partial charge in [-0.2, -0.15) is 5.21 Å². The third-order valence-corrected chi connectivity index (χ3v) is 3.29. The zero-order valence-electron chi connectivity index (χ0n) is 10.5. The van der Waals surface area contributed by atoms with E-state index in [-0.39, 0.29) is 12.3 Å². The smallest absolute Gasteiger partial charge is 0.227 e. The lowest BCUT2D eigenvalue weighted by molar-refractivity contribution is -0.123. The van der Waals surface area contributed by atoms with E-state index in [1.165, 1.54) is 0 Å². The summed E-state index contributed by atoms with van der Waals surface area (Å²) in [6.07, 6.45) is 0.155. The van der Waals surface area contributed by atoms with Crippen LogP contribution in [-0.4, -0.2) is 39.0 Å². The van der Waals surface area contributed by atoms with Gasteiger partial charge in [0.25, 0.3) is 0 Å². The minimum Gasteiger partial charge on any atom is -0.369 e. The van der Waals surface area contributed by atoms with Crippen LogP contribution in [0.3, 0.4) is 0 Å². The van der Waals surface area contributed by atoms with Gasteiger partial charge < -0.3 is 10.6 Å². The number of hydrogen-bond donors (Lipinski definition) is 2. The normalized spacial score (nSPS) is 18.5. The van der Waals surface area contributed by atoms with Crippen LogP contribution in [-0.2, 0) is 9.59 Å². The Bertz CT molecular complexity index is 654. The second-order valence-corrected chi connectivity index (χ2v) is 4.59. The number of hydrogen-bond acceptors (Lipinski definition) is 5. The Kier molecular flexibility index (Phi) is 2.90. The summed E-state index contributed by atoms with van der Waals surface area (Å²) in [7, 11) is 0. The number of nitrogens with one attached hydrogen (secondary N) is 1. The van der Waals surface area contributed by atoms with Gasteiger partial charge in [-0.3, -0.25) is 9.59 Å². The van der Waals surface area contributed by atoms with Crippen LogP contribution in [0.25, 0.3) is 11.4 Å². The highest BCUT2D eigenvalue weighted by atomic mass is 16.2. The van der Waals surface area contributed by atoms with Crippen LogP contribution in [0.1, 0.15) is 6.42 Å². The number of benzene rings is 1. The number of aromatic amines is 1. The Morgan fingerprint density at radius 1 is 1.45 bits per heavy atom. The first kappa shape index (κ1) is 12.3. The van der Waals surface area contributed by atoms with Gasteiger partial charge in [-0.1, -0.05) is 12.1 Å². The molecule has 0 bridgehead atoms. The van der Waals surface area contributed by atoms with Crippen molar-refractivity contribution in [2.24, 2.45) is 11.7 Å². The van der Waals surface area contributed by atoms with Crippen LogP contribution in [0.15, 0.2) is 24.3 Å². The van der Waals surface area contributed by atoms with E-state index in [1.807, 2.05) is 6.07 Å². The van der Waals surface area contributed by atoms with Gasteiger partial charge in [0.2, 0.25) is 17.6 Å². The van der Waals surface area contributed by atoms with Gasteiger partial charge in [0.1, 0.15) is 0 Å². The lowest BCUT2D eigenvalue weighted by atomic mass is 10.1. The van der Waals surface area contributed by atoms with Crippen LogP contribution in [0.5, 0.6) is 0 Å². The number of anilines is 1. The maximum atomic E-state index is 12.0. The standard InChI is InChI=1S/C12H12N6O2/c13-11(20)8-5-10(19)18(6-8)9-3-1-2-7(4-9)12-14-16-17-15-12/h1-4,8H,5-6H2,(H2,13,20)(H,14,15,16,17). The van der Waals surface area contributed by atoms with Gasteiger partial charge in [-0.15, -0.1) is 10.2 Å². The third kappa shape index (κ3) is 2.11. The van der Waals surface area contributed by atoms with Crippen molar-refractivity contribution in [3.63, 3.8) is 0 Å². The highest BCUT2D eigenvalue weighted by Crippen LogP contribution is 2.27. The SMILES string of the molecule is NC(=O)C1CC(=O)N(c2cccc(-c3nn[nH]n3)c2)C1. The molecule has 0 saturated carbocycles. The van der Waals surface area contributed by atoms with Gasteiger partial charge in [0.05, 0.1) is 5.92 Å². The number of carbonyl (C=O) groups excluding carboxylic acids is 2. The summed E-state index contributed by atoms with van der Waals surface area (Å²) in [5.74, 6) is -0.546. The van der Waals surface area contributed by atoms with Crippen molar-refractivity contribution in [2.45, 2.75) is 6.42 Å². The van der Waals surface area contributed by atoms with Gasteiger partial charge >= 0.3 is 0 Å². The molecule has 2 amide bonds. The molecule has 3 N–H and O–H groups in total. The molecule has 102 valence electrons. The topological polar surface area (TPSA) is 118 Å². The Balaban J connectivity index is 1.90. The average molecular weight is 272 g/mol. The number of carbonyl (C=O) groups is 2. The highest BCUT2D eigenvalue weighted by Gasteiger charge is 2.33. The molecule has 20 heavy (non-hydrogen) atoms. The van der Waals surface area contributed by atoms with E-state index in [4.69, 9.17) is 5.73 Å². The minimum atomic E-state index is -0.449. The molecule has 1 unspecified atom stereocenters. The van der Waals surface area contributed by atoms with Crippen molar-refractivity contribution in [3.05, 3.63) is 24.3 Å². The molecular formula is C12H12N6O2. The van der Waals surface area contributed by atoms with Gasteiger partial charge in [0, 0.05) is 24.2 Å². The number of amides is 2. The number of H-pyrrole nitrogens is 1. The lowest BCUT2D eigenvalue weighted by Crippen LogP contribution is -2.28. The van der Waals surface area contributed by atoms with E-state index in [1.54, 1.807) is 23.1 Å². The summed E-state index contributed by atoms with van der Waals surface area (Å²) in [6, 6.07) is 7.20. The fraction of sp³-hybridized carbons (Fsp3) is 0.250. The molecule has 0 radical (unpaired) electrons. The van der Waals surface area contributed by atoms with Gasteiger partial charge in [0.15, 0.2) is 0 Å². The molecule has 1 aromatic heterocycles. The zero-order valence-corrected chi connectivity index (χ0v) is 10.5. The number of nitrogens with zero attached hydrogens (tertiary/aromatic N) is 4. The lowest BCUT2D eigenvalue weighted by Gasteiger charge is -2.16. The Labute approximate surface area is 114 Å². The molecule has 8 heteroatoms. The number of aromatic nitrogens is 4. The number of nitrogens with two attached hydrogens (primary N) is 1. The first-order valence-electron chi connectivity index (χ1n) is 6.08. The Morgan fingerprint density at radius 2 is 2.30 bits per heavy atom. The molecule has 8 nitrogen and oxygen atoms in total. The molecule has 2 heterocycles. The average Bonchev–Trinajstić information content (AvgIpc) is 3.08. The van der Waals surface area contributed by atoms with Crippen LogP contribution >= 0.6 is 0 Å². The second-order valence-electron chi connectivity index (χ2n) is 4.59. The van der Waals surface area contributed by atoms with Gasteiger partial charge in [-0.25, -0.2) is 0 Å². The fourth-order valence-electron chi connectivity index (χ4n) is 2.24. The maximum Gasteiger partial charge on any atom is 0.227 e. The predicted octanol–water partition coefficient (Wildman–Crippen LogP) is -0.295. The predicted molar refractivity (Wildman–Crippen MR) is 69.3 cm³/mol. The van der Waals surface area contributed by atoms with Crippen molar-refractivity contribution in [2.75, 3.05) is 11.4 Å². The number of tetrazole rings is 1. The van der Waals surface area contributed by atoms with E-state index in [2.05, 4.69) is 20.6 Å². The molecule has 0 spiro atoms. The van der Waals surface area contributed by atoms with Crippen LogP contribution < -0.4 is 10.6 Å². The number of primary amides is 1. The van der Waals surface area contributed by atoms with E-state index in [0.717, 1.165) is 5.56 Å². The first-order valence-corrected chi connectivity index (χ1v) is 6.08. The Morgan fingerprint density at radius 3 is 2.95 bits per heavy atom. The number of rotatable bonds is 3. The summed E-state index contributed by atoms with van der Waals surface area (Å²) < 4.78 is 0. The van der Waals surface area contributed by atoms with Crippen LogP contribution in [0.4, 0.5) is 5.69 Å². The van der Waals surface area contributed by atoms with Crippen molar-refractivity contribution < 1.29 is 9.59 Å². The second kappa shape index (κ2) is 4.72. The molecule has 1 fully saturated rings. The largest absolute Gasteiger partial charge is 0.369 e. The molecule has 0 aliphatic carbocycles. The summed E-state index contributed by atoms with van der Waals surface area (Å²) in [4.78, 5) is 24.7. The van der Waals surface area contributed by atoms with E-state index in [9.17, 15) is 9.59 Å². The van der Waals surface area contributed by atoms with E-state index >= 15 is 0 Å². The monoisotopic (exact) mass is 272 g/mol. The summed E-state index contributed by atoms with van der Waals surface area (Å²) in [5.41, 5.74) is 6.69. The molecule has 3 rings (SSSR count). The van der Waals surface area contributed by atoms with Crippen LogP contribution in [0.2, 0.25) is 0 Å². The quantitative estimate of drug-likeness (QED) is 0.795. The molecule has 1 aliphatic rings.